The number of fused-ring (bicyclic) bond motifs is 1. The molecule has 0 unspecified atom stereocenters. The molecule has 2 aromatic heterocycles. The SMILES string of the molecule is Nc1cc(N2CCCC2)ncn1.Nc1ncnc(N2CCCc3ccccc32)c1S(=O)(=O)C(F)(F)F. The molecule has 0 saturated carbocycles. The van der Waals surface area contributed by atoms with Crippen LogP contribution in [0, 0.1) is 0 Å². The summed E-state index contributed by atoms with van der Waals surface area (Å²) in [6, 6.07) is 8.90. The summed E-state index contributed by atoms with van der Waals surface area (Å²) in [5.41, 5.74) is 7.04. The molecule has 36 heavy (non-hydrogen) atoms. The molecule has 0 aliphatic carbocycles. The first-order valence-electron chi connectivity index (χ1n) is 11.2. The molecule has 1 saturated heterocycles. The second-order valence-corrected chi connectivity index (χ2v) is 10.1. The number of nitrogens with zero attached hydrogens (tertiary/aromatic N) is 6. The van der Waals surface area contributed by atoms with Crippen LogP contribution in [0.15, 0.2) is 47.9 Å². The van der Waals surface area contributed by atoms with E-state index in [1.54, 1.807) is 12.1 Å². The number of alkyl halides is 3. The van der Waals surface area contributed by atoms with E-state index in [9.17, 15) is 21.6 Å². The lowest BCUT2D eigenvalue weighted by atomic mass is 10.0. The van der Waals surface area contributed by atoms with Crippen molar-refractivity contribution >= 4 is 38.8 Å². The number of halogens is 3. The molecule has 0 bridgehead atoms. The number of aryl methyl sites for hydroxylation is 1. The summed E-state index contributed by atoms with van der Waals surface area (Å²) in [6.07, 6.45) is 6.37. The first kappa shape index (κ1) is 25.4. The molecule has 0 amide bonds. The molecule has 4 N–H and O–H groups in total. The smallest absolute Gasteiger partial charge is 0.384 e. The van der Waals surface area contributed by atoms with Crippen LogP contribution in [0.2, 0.25) is 0 Å². The minimum atomic E-state index is -5.68. The summed E-state index contributed by atoms with van der Waals surface area (Å²) < 4.78 is 63.0. The van der Waals surface area contributed by atoms with Gasteiger partial charge in [0.15, 0.2) is 10.7 Å². The van der Waals surface area contributed by atoms with E-state index < -0.39 is 26.1 Å². The van der Waals surface area contributed by atoms with E-state index in [0.29, 0.717) is 24.5 Å². The zero-order valence-electron chi connectivity index (χ0n) is 19.2. The number of aromatic nitrogens is 4. The third-order valence-corrected chi connectivity index (χ3v) is 7.39. The van der Waals surface area contributed by atoms with Crippen molar-refractivity contribution in [1.82, 2.24) is 19.9 Å². The van der Waals surface area contributed by atoms with Crippen LogP contribution in [0.5, 0.6) is 0 Å². The quantitative estimate of drug-likeness (QED) is 0.526. The fourth-order valence-corrected chi connectivity index (χ4v) is 5.14. The first-order valence-corrected chi connectivity index (χ1v) is 12.7. The van der Waals surface area contributed by atoms with E-state index >= 15 is 0 Å². The molecular formula is C22H25F3N8O2S. The average molecular weight is 523 g/mol. The van der Waals surface area contributed by atoms with E-state index in [0.717, 1.165) is 37.2 Å². The summed E-state index contributed by atoms with van der Waals surface area (Å²) in [6.45, 7) is 2.51. The lowest BCUT2D eigenvalue weighted by Crippen LogP contribution is -2.31. The third kappa shape index (κ3) is 5.12. The number of hydrogen-bond donors (Lipinski definition) is 2. The highest BCUT2D eigenvalue weighted by molar-refractivity contribution is 7.92. The number of benzene rings is 1. The summed E-state index contributed by atoms with van der Waals surface area (Å²) >= 11 is 0. The molecule has 14 heteroatoms. The Kier molecular flexibility index (Phi) is 7.15. The molecule has 10 nitrogen and oxygen atoms in total. The van der Waals surface area contributed by atoms with E-state index in [4.69, 9.17) is 11.5 Å². The number of anilines is 5. The summed E-state index contributed by atoms with van der Waals surface area (Å²) in [4.78, 5) is 17.8. The standard InChI is InChI=1S/C14H13F3N4O2S.C8H12N4/c15-14(16,17)24(22,23)11-12(18)19-8-20-13(11)21-7-3-5-9-4-1-2-6-10(9)21;9-7-5-8(11-6-10-7)12-3-1-2-4-12/h1-2,4,6,8H,3,5,7H2,(H2,18,19,20);5-6H,1-4H2,(H2,9,10,11). The molecule has 0 radical (unpaired) electrons. The van der Waals surface area contributed by atoms with Crippen molar-refractivity contribution in [1.29, 1.82) is 0 Å². The van der Waals surface area contributed by atoms with Crippen LogP contribution in [0.1, 0.15) is 24.8 Å². The molecule has 2 aliphatic rings. The molecular weight excluding hydrogens is 497 g/mol. The molecule has 4 heterocycles. The van der Waals surface area contributed by atoms with Crippen LogP contribution in [-0.4, -0.2) is 53.5 Å². The molecule has 2 aliphatic heterocycles. The second kappa shape index (κ2) is 10.1. The Balaban J connectivity index is 0.000000211. The van der Waals surface area contributed by atoms with Gasteiger partial charge >= 0.3 is 5.51 Å². The number of nitrogen functional groups attached to an aromatic ring is 2. The van der Waals surface area contributed by atoms with E-state index in [-0.39, 0.29) is 5.82 Å². The maximum absolute atomic E-state index is 13.0. The summed E-state index contributed by atoms with van der Waals surface area (Å²) in [5, 5.41) is 0. The van der Waals surface area contributed by atoms with Crippen molar-refractivity contribution in [3.63, 3.8) is 0 Å². The number of nitrogens with two attached hydrogens (primary N) is 2. The van der Waals surface area contributed by atoms with Gasteiger partial charge in [-0.15, -0.1) is 0 Å². The van der Waals surface area contributed by atoms with Crippen molar-refractivity contribution < 1.29 is 21.6 Å². The highest BCUT2D eigenvalue weighted by Crippen LogP contribution is 2.41. The predicted molar refractivity (Wildman–Crippen MR) is 129 cm³/mol. The number of para-hydroxylation sites is 1. The Morgan fingerprint density at radius 1 is 0.889 bits per heavy atom. The van der Waals surface area contributed by atoms with Gasteiger partial charge in [-0.05, 0) is 37.3 Å². The Bertz CT molecular complexity index is 1330. The van der Waals surface area contributed by atoms with Gasteiger partial charge in [-0.1, -0.05) is 18.2 Å². The molecule has 192 valence electrons. The molecule has 3 aromatic rings. The zero-order chi connectivity index (χ0) is 25.9. The average Bonchev–Trinajstić information content (AvgIpc) is 3.38. The Morgan fingerprint density at radius 2 is 1.58 bits per heavy atom. The predicted octanol–water partition coefficient (Wildman–Crippen LogP) is 3.10. The Labute approximate surface area is 206 Å². The largest absolute Gasteiger partial charge is 0.502 e. The number of sulfone groups is 1. The van der Waals surface area contributed by atoms with Gasteiger partial charge in [0.25, 0.3) is 9.84 Å². The highest BCUT2D eigenvalue weighted by Gasteiger charge is 2.50. The van der Waals surface area contributed by atoms with Crippen LogP contribution >= 0.6 is 0 Å². The fraction of sp³-hybridized carbons (Fsp3) is 0.364. The lowest BCUT2D eigenvalue weighted by molar-refractivity contribution is -0.0435. The molecule has 0 spiro atoms. The Morgan fingerprint density at radius 3 is 2.28 bits per heavy atom. The van der Waals surface area contributed by atoms with Gasteiger partial charge in [-0.25, -0.2) is 28.4 Å². The van der Waals surface area contributed by atoms with Crippen LogP contribution < -0.4 is 21.3 Å². The van der Waals surface area contributed by atoms with Crippen LogP contribution in [0.25, 0.3) is 0 Å². The topological polar surface area (TPSA) is 144 Å². The van der Waals surface area contributed by atoms with Crippen LogP contribution in [0.3, 0.4) is 0 Å². The van der Waals surface area contributed by atoms with Crippen molar-refractivity contribution in [3.05, 3.63) is 48.5 Å². The van der Waals surface area contributed by atoms with E-state index in [1.807, 2.05) is 18.2 Å². The number of hydrogen-bond acceptors (Lipinski definition) is 10. The minimum absolute atomic E-state index is 0.327. The van der Waals surface area contributed by atoms with Crippen molar-refractivity contribution in [3.8, 4) is 0 Å². The van der Waals surface area contributed by atoms with Gasteiger partial charge in [0.1, 0.15) is 30.1 Å². The zero-order valence-corrected chi connectivity index (χ0v) is 20.0. The maximum atomic E-state index is 13.0. The van der Waals surface area contributed by atoms with Gasteiger partial charge in [0, 0.05) is 31.4 Å². The minimum Gasteiger partial charge on any atom is -0.384 e. The lowest BCUT2D eigenvalue weighted by Gasteiger charge is -2.31. The van der Waals surface area contributed by atoms with Gasteiger partial charge < -0.3 is 21.3 Å². The molecule has 5 rings (SSSR count). The van der Waals surface area contributed by atoms with Gasteiger partial charge in [0.05, 0.1) is 0 Å². The maximum Gasteiger partial charge on any atom is 0.502 e. The Hall–Kier alpha value is -3.68. The number of rotatable bonds is 3. The summed E-state index contributed by atoms with van der Waals surface area (Å²) in [5.74, 6) is 0.430. The molecule has 0 atom stereocenters. The molecule has 1 fully saturated rings. The van der Waals surface area contributed by atoms with E-state index in [2.05, 4.69) is 24.8 Å². The second-order valence-electron chi connectivity index (χ2n) is 8.24. The highest BCUT2D eigenvalue weighted by atomic mass is 32.2. The van der Waals surface area contributed by atoms with Gasteiger partial charge in [-0.3, -0.25) is 0 Å². The van der Waals surface area contributed by atoms with E-state index in [1.165, 1.54) is 24.1 Å². The van der Waals surface area contributed by atoms with Crippen molar-refractivity contribution in [2.24, 2.45) is 0 Å². The fourth-order valence-electron chi connectivity index (χ4n) is 4.18. The van der Waals surface area contributed by atoms with Crippen molar-refractivity contribution in [2.75, 3.05) is 40.9 Å². The van der Waals surface area contributed by atoms with Crippen LogP contribution in [0.4, 0.5) is 42.1 Å². The first-order chi connectivity index (χ1) is 17.1. The van der Waals surface area contributed by atoms with Gasteiger partial charge in [-0.2, -0.15) is 13.2 Å². The van der Waals surface area contributed by atoms with Gasteiger partial charge in [0.2, 0.25) is 0 Å². The monoisotopic (exact) mass is 522 g/mol. The van der Waals surface area contributed by atoms with Crippen molar-refractivity contribution in [2.45, 2.75) is 36.1 Å². The third-order valence-electron chi connectivity index (χ3n) is 5.86. The normalized spacial score (nSPS) is 15.8. The molecule has 1 aromatic carbocycles. The van der Waals surface area contributed by atoms with Crippen LogP contribution in [-0.2, 0) is 16.3 Å². The summed E-state index contributed by atoms with van der Waals surface area (Å²) in [7, 11) is -5.68.